The molecule has 0 aromatic heterocycles. The molecule has 0 aromatic carbocycles. The van der Waals surface area contributed by atoms with Gasteiger partial charge in [0.2, 0.25) is 0 Å². The van der Waals surface area contributed by atoms with Crippen molar-refractivity contribution < 1.29 is 0 Å². The molecule has 0 amide bonds. The summed E-state index contributed by atoms with van der Waals surface area (Å²) in [5.74, 6) is 0. The average Bonchev–Trinajstić information content (AvgIpc) is 2.79. The maximum Gasteiger partial charge on any atom is 0.00974 e. The molecule has 1 heteroatoms. The standard InChI is InChI=1S/C12H25N/c1-6-10(9-12(2,3)4)13(5)11-7-8-11/h10-11H,6-9H2,1-5H3. The highest BCUT2D eigenvalue weighted by Crippen LogP contribution is 2.32. The van der Waals surface area contributed by atoms with Crippen LogP contribution in [0.25, 0.3) is 0 Å². The number of nitrogens with zero attached hydrogens (tertiary/aromatic N) is 1. The van der Waals surface area contributed by atoms with Crippen molar-refractivity contribution in [1.82, 2.24) is 4.90 Å². The van der Waals surface area contributed by atoms with E-state index < -0.39 is 0 Å². The minimum absolute atomic E-state index is 0.476. The molecule has 1 saturated carbocycles. The van der Waals surface area contributed by atoms with E-state index in [0.717, 1.165) is 12.1 Å². The molecular formula is C12H25N. The van der Waals surface area contributed by atoms with Gasteiger partial charge in [-0.15, -0.1) is 0 Å². The van der Waals surface area contributed by atoms with Crippen molar-refractivity contribution in [3.05, 3.63) is 0 Å². The average molecular weight is 183 g/mol. The van der Waals surface area contributed by atoms with Crippen molar-refractivity contribution in [2.24, 2.45) is 5.41 Å². The molecule has 1 aliphatic carbocycles. The maximum atomic E-state index is 2.60. The summed E-state index contributed by atoms with van der Waals surface area (Å²) in [6.07, 6.45) is 5.48. The predicted molar refractivity (Wildman–Crippen MR) is 58.9 cm³/mol. The molecule has 0 bridgehead atoms. The van der Waals surface area contributed by atoms with Gasteiger partial charge in [-0.05, 0) is 38.1 Å². The summed E-state index contributed by atoms with van der Waals surface area (Å²) in [5.41, 5.74) is 0.476. The van der Waals surface area contributed by atoms with Gasteiger partial charge in [0.25, 0.3) is 0 Å². The highest BCUT2D eigenvalue weighted by molar-refractivity contribution is 4.87. The van der Waals surface area contributed by atoms with Crippen LogP contribution in [-0.4, -0.2) is 24.0 Å². The largest absolute Gasteiger partial charge is 0.300 e. The van der Waals surface area contributed by atoms with E-state index in [4.69, 9.17) is 0 Å². The van der Waals surface area contributed by atoms with Gasteiger partial charge in [0, 0.05) is 12.1 Å². The Morgan fingerprint density at radius 3 is 2.15 bits per heavy atom. The van der Waals surface area contributed by atoms with Crippen molar-refractivity contribution in [1.29, 1.82) is 0 Å². The Kier molecular flexibility index (Phi) is 3.39. The minimum Gasteiger partial charge on any atom is -0.300 e. The molecule has 1 fully saturated rings. The molecule has 0 aromatic rings. The van der Waals surface area contributed by atoms with E-state index in [1.54, 1.807) is 0 Å². The van der Waals surface area contributed by atoms with Gasteiger partial charge in [0.1, 0.15) is 0 Å². The summed E-state index contributed by atoms with van der Waals surface area (Å²) in [5, 5.41) is 0. The molecule has 0 heterocycles. The first-order chi connectivity index (χ1) is 5.94. The van der Waals surface area contributed by atoms with Crippen molar-refractivity contribution in [2.75, 3.05) is 7.05 Å². The van der Waals surface area contributed by atoms with Gasteiger partial charge in [0.15, 0.2) is 0 Å². The Balaban J connectivity index is 2.41. The van der Waals surface area contributed by atoms with Gasteiger partial charge >= 0.3 is 0 Å². The van der Waals surface area contributed by atoms with Crippen molar-refractivity contribution in [3.8, 4) is 0 Å². The lowest BCUT2D eigenvalue weighted by molar-refractivity contribution is 0.167. The molecule has 1 aliphatic rings. The molecule has 13 heavy (non-hydrogen) atoms. The normalized spacial score (nSPS) is 20.8. The Morgan fingerprint density at radius 1 is 1.31 bits per heavy atom. The van der Waals surface area contributed by atoms with Crippen LogP contribution in [0.5, 0.6) is 0 Å². The Bertz CT molecular complexity index is 153. The lowest BCUT2D eigenvalue weighted by Gasteiger charge is -2.32. The van der Waals surface area contributed by atoms with Gasteiger partial charge in [-0.1, -0.05) is 27.7 Å². The van der Waals surface area contributed by atoms with Gasteiger partial charge < -0.3 is 4.90 Å². The lowest BCUT2D eigenvalue weighted by atomic mass is 9.86. The molecule has 0 saturated heterocycles. The second kappa shape index (κ2) is 4.00. The quantitative estimate of drug-likeness (QED) is 0.646. The molecule has 78 valence electrons. The van der Waals surface area contributed by atoms with Crippen LogP contribution in [0, 0.1) is 5.41 Å². The zero-order valence-electron chi connectivity index (χ0n) is 9.93. The summed E-state index contributed by atoms with van der Waals surface area (Å²) < 4.78 is 0. The molecule has 1 nitrogen and oxygen atoms in total. The van der Waals surface area contributed by atoms with E-state index in [9.17, 15) is 0 Å². The second-order valence-electron chi connectivity index (χ2n) is 5.72. The van der Waals surface area contributed by atoms with Crippen LogP contribution in [0.3, 0.4) is 0 Å². The number of hydrogen-bond acceptors (Lipinski definition) is 1. The highest BCUT2D eigenvalue weighted by Gasteiger charge is 2.31. The number of rotatable bonds is 4. The fourth-order valence-electron chi connectivity index (χ4n) is 2.06. The molecule has 1 unspecified atom stereocenters. The molecule has 0 radical (unpaired) electrons. The van der Waals surface area contributed by atoms with Gasteiger partial charge in [-0.2, -0.15) is 0 Å². The van der Waals surface area contributed by atoms with Gasteiger partial charge in [0.05, 0.1) is 0 Å². The van der Waals surface area contributed by atoms with Crippen LogP contribution in [0.15, 0.2) is 0 Å². The summed E-state index contributed by atoms with van der Waals surface area (Å²) in [6, 6.07) is 1.71. The summed E-state index contributed by atoms with van der Waals surface area (Å²) in [6.45, 7) is 9.35. The van der Waals surface area contributed by atoms with Crippen LogP contribution < -0.4 is 0 Å². The molecule has 1 rings (SSSR count). The van der Waals surface area contributed by atoms with Crippen LogP contribution >= 0.6 is 0 Å². The molecule has 0 aliphatic heterocycles. The van der Waals surface area contributed by atoms with Crippen LogP contribution in [0.4, 0.5) is 0 Å². The van der Waals surface area contributed by atoms with Crippen molar-refractivity contribution in [2.45, 2.75) is 65.5 Å². The SMILES string of the molecule is CCC(CC(C)(C)C)N(C)C1CC1. The third-order valence-electron chi connectivity index (χ3n) is 3.02. The highest BCUT2D eigenvalue weighted by atomic mass is 15.2. The number of hydrogen-bond donors (Lipinski definition) is 0. The minimum atomic E-state index is 0.476. The topological polar surface area (TPSA) is 3.24 Å². The van der Waals surface area contributed by atoms with E-state index in [1.165, 1.54) is 25.7 Å². The third-order valence-corrected chi connectivity index (χ3v) is 3.02. The summed E-state index contributed by atoms with van der Waals surface area (Å²) in [7, 11) is 2.30. The molecule has 0 spiro atoms. The zero-order chi connectivity index (χ0) is 10.1. The van der Waals surface area contributed by atoms with E-state index in [2.05, 4.69) is 39.6 Å². The van der Waals surface area contributed by atoms with E-state index in [0.29, 0.717) is 5.41 Å². The Labute approximate surface area is 83.5 Å². The van der Waals surface area contributed by atoms with Crippen LogP contribution in [0.1, 0.15) is 53.4 Å². The fourth-order valence-corrected chi connectivity index (χ4v) is 2.06. The molecular weight excluding hydrogens is 158 g/mol. The zero-order valence-corrected chi connectivity index (χ0v) is 9.93. The first-order valence-electron chi connectivity index (χ1n) is 5.66. The monoisotopic (exact) mass is 183 g/mol. The summed E-state index contributed by atoms with van der Waals surface area (Å²) in [4.78, 5) is 2.60. The van der Waals surface area contributed by atoms with E-state index in [1.807, 2.05) is 0 Å². The van der Waals surface area contributed by atoms with Crippen molar-refractivity contribution in [3.63, 3.8) is 0 Å². The first kappa shape index (κ1) is 11.0. The van der Waals surface area contributed by atoms with Crippen LogP contribution in [-0.2, 0) is 0 Å². The van der Waals surface area contributed by atoms with Gasteiger partial charge in [-0.3, -0.25) is 0 Å². The predicted octanol–water partition coefficient (Wildman–Crippen LogP) is 3.30. The second-order valence-corrected chi connectivity index (χ2v) is 5.72. The molecule has 1 atom stereocenters. The summed E-state index contributed by atoms with van der Waals surface area (Å²) >= 11 is 0. The van der Waals surface area contributed by atoms with Crippen LogP contribution in [0.2, 0.25) is 0 Å². The Hall–Kier alpha value is -0.0400. The lowest BCUT2D eigenvalue weighted by Crippen LogP contribution is -2.36. The molecule has 0 N–H and O–H groups in total. The van der Waals surface area contributed by atoms with E-state index in [-0.39, 0.29) is 0 Å². The van der Waals surface area contributed by atoms with Gasteiger partial charge in [-0.25, -0.2) is 0 Å². The Morgan fingerprint density at radius 2 is 1.85 bits per heavy atom. The maximum absolute atomic E-state index is 2.60. The van der Waals surface area contributed by atoms with Crippen molar-refractivity contribution >= 4 is 0 Å². The smallest absolute Gasteiger partial charge is 0.00974 e. The third kappa shape index (κ3) is 3.68. The first-order valence-corrected chi connectivity index (χ1v) is 5.66. The van der Waals surface area contributed by atoms with E-state index >= 15 is 0 Å². The fraction of sp³-hybridized carbons (Fsp3) is 1.00.